The van der Waals surface area contributed by atoms with Gasteiger partial charge in [0.25, 0.3) is 5.19 Å². The smallest absolute Gasteiger partial charge is 0.275 e. The Labute approximate surface area is 173 Å². The van der Waals surface area contributed by atoms with E-state index in [4.69, 9.17) is 16.3 Å². The zero-order valence-corrected chi connectivity index (χ0v) is 17.2. The summed E-state index contributed by atoms with van der Waals surface area (Å²) in [6.45, 7) is 2.49. The molecule has 28 heavy (non-hydrogen) atoms. The Hall–Kier alpha value is -2.55. The Balaban J connectivity index is 1.31. The Bertz CT molecular complexity index is 1290. The van der Waals surface area contributed by atoms with Crippen LogP contribution in [-0.4, -0.2) is 31.5 Å². The van der Waals surface area contributed by atoms with Crippen LogP contribution in [-0.2, 0) is 6.42 Å². The van der Waals surface area contributed by atoms with E-state index < -0.39 is 0 Å². The summed E-state index contributed by atoms with van der Waals surface area (Å²) in [6, 6.07) is 5.83. The molecule has 9 heteroatoms. The van der Waals surface area contributed by atoms with Crippen LogP contribution in [0.25, 0.3) is 32.0 Å². The molecule has 0 fully saturated rings. The average Bonchev–Trinajstić information content (AvgIpc) is 3.39. The predicted octanol–water partition coefficient (Wildman–Crippen LogP) is 5.27. The summed E-state index contributed by atoms with van der Waals surface area (Å²) < 4.78 is 5.88. The van der Waals surface area contributed by atoms with Crippen LogP contribution in [0.2, 0.25) is 5.02 Å². The van der Waals surface area contributed by atoms with Crippen LogP contribution in [0.5, 0.6) is 5.19 Å². The van der Waals surface area contributed by atoms with E-state index in [-0.39, 0.29) is 0 Å². The second-order valence-electron chi connectivity index (χ2n) is 6.21. The molecule has 0 atom stereocenters. The second-order valence-corrected chi connectivity index (χ2v) is 8.82. The van der Waals surface area contributed by atoms with Crippen LogP contribution in [0.15, 0.2) is 36.8 Å². The maximum atomic E-state index is 6.11. The topological polar surface area (TPSA) is 76.6 Å². The highest BCUT2D eigenvalue weighted by Crippen LogP contribution is 2.30. The molecule has 4 heterocycles. The molecule has 0 saturated carbocycles. The predicted molar refractivity (Wildman–Crippen MR) is 114 cm³/mol. The van der Waals surface area contributed by atoms with Gasteiger partial charge in [0.1, 0.15) is 5.52 Å². The minimum absolute atomic E-state index is 0.521. The number of fused-ring (bicyclic) bond motifs is 2. The summed E-state index contributed by atoms with van der Waals surface area (Å²) in [6.07, 6.45) is 6.29. The monoisotopic (exact) mass is 427 g/mol. The molecule has 140 valence electrons. The van der Waals surface area contributed by atoms with E-state index in [2.05, 4.69) is 24.9 Å². The summed E-state index contributed by atoms with van der Waals surface area (Å²) >= 11 is 9.11. The number of H-pyrrole nitrogens is 1. The van der Waals surface area contributed by atoms with E-state index in [1.807, 2.05) is 31.3 Å². The van der Waals surface area contributed by atoms with Crippen molar-refractivity contribution in [2.75, 3.05) is 6.61 Å². The molecular weight excluding hydrogens is 414 g/mol. The molecule has 0 spiro atoms. The van der Waals surface area contributed by atoms with Gasteiger partial charge in [0, 0.05) is 34.7 Å². The Kier molecular flexibility index (Phi) is 4.46. The van der Waals surface area contributed by atoms with Crippen molar-refractivity contribution in [1.29, 1.82) is 0 Å². The molecule has 0 amide bonds. The number of aryl methyl sites for hydroxylation is 1. The van der Waals surface area contributed by atoms with Crippen LogP contribution in [0, 0.1) is 6.92 Å². The van der Waals surface area contributed by atoms with E-state index in [0.29, 0.717) is 17.6 Å². The minimum atomic E-state index is 0.521. The fourth-order valence-corrected chi connectivity index (χ4v) is 4.64. The molecule has 0 saturated heterocycles. The highest BCUT2D eigenvalue weighted by atomic mass is 35.5. The zero-order chi connectivity index (χ0) is 19.1. The number of aromatic amines is 1. The number of rotatable bonds is 5. The van der Waals surface area contributed by atoms with Gasteiger partial charge in [-0.05, 0) is 30.7 Å². The number of nitrogens with one attached hydrogen (secondary N) is 1. The maximum Gasteiger partial charge on any atom is 0.275 e. The summed E-state index contributed by atoms with van der Waals surface area (Å²) in [5, 5.41) is 3.44. The van der Waals surface area contributed by atoms with Gasteiger partial charge in [-0.1, -0.05) is 22.9 Å². The molecule has 0 aliphatic heterocycles. The first-order valence-corrected chi connectivity index (χ1v) is 10.6. The van der Waals surface area contributed by atoms with Gasteiger partial charge in [-0.25, -0.2) is 15.0 Å². The Morgan fingerprint density at radius 1 is 1.14 bits per heavy atom. The van der Waals surface area contributed by atoms with Crippen molar-refractivity contribution in [2.45, 2.75) is 13.3 Å². The van der Waals surface area contributed by atoms with Gasteiger partial charge >= 0.3 is 0 Å². The molecule has 4 aromatic heterocycles. The van der Waals surface area contributed by atoms with Crippen molar-refractivity contribution in [3.8, 4) is 15.9 Å². The summed E-state index contributed by atoms with van der Waals surface area (Å²) in [5.74, 6) is 0.670. The van der Waals surface area contributed by atoms with Crippen LogP contribution in [0.4, 0.5) is 0 Å². The third-order valence-corrected chi connectivity index (χ3v) is 6.32. The number of hydrogen-bond donors (Lipinski definition) is 1. The molecule has 0 aliphatic carbocycles. The van der Waals surface area contributed by atoms with Crippen LogP contribution in [0.1, 0.15) is 10.6 Å². The summed E-state index contributed by atoms with van der Waals surface area (Å²) in [4.78, 5) is 22.8. The lowest BCUT2D eigenvalue weighted by Crippen LogP contribution is -2.00. The molecular formula is C19H14ClN5OS2. The Morgan fingerprint density at radius 3 is 2.93 bits per heavy atom. The molecule has 5 aromatic rings. The van der Waals surface area contributed by atoms with Crippen molar-refractivity contribution in [3.05, 3.63) is 52.4 Å². The molecule has 1 N–H and O–H groups in total. The minimum Gasteiger partial charge on any atom is -0.470 e. The molecule has 0 unspecified atom stereocenters. The lowest BCUT2D eigenvalue weighted by atomic mass is 10.1. The fraction of sp³-hybridized carbons (Fsp3) is 0.158. The number of aromatic nitrogens is 5. The van der Waals surface area contributed by atoms with Gasteiger partial charge in [-0.3, -0.25) is 0 Å². The average molecular weight is 428 g/mol. The molecule has 5 rings (SSSR count). The summed E-state index contributed by atoms with van der Waals surface area (Å²) in [7, 11) is 0. The number of nitrogens with zero attached hydrogens (tertiary/aromatic N) is 4. The van der Waals surface area contributed by atoms with E-state index in [1.54, 1.807) is 23.7 Å². The third kappa shape index (κ3) is 3.34. The number of ether oxygens (including phenoxy) is 1. The molecule has 0 bridgehead atoms. The molecule has 6 nitrogen and oxygen atoms in total. The SMILES string of the molecule is Cc1ncc(-c2ncc3nc(OCCc4c[nH]c5ccc(Cl)cc45)sc3n2)s1. The fourth-order valence-electron chi connectivity index (χ4n) is 2.97. The quantitative estimate of drug-likeness (QED) is 0.413. The lowest BCUT2D eigenvalue weighted by Gasteiger charge is -2.01. The van der Waals surface area contributed by atoms with E-state index in [9.17, 15) is 0 Å². The van der Waals surface area contributed by atoms with Gasteiger partial charge < -0.3 is 9.72 Å². The molecule has 0 radical (unpaired) electrons. The number of benzene rings is 1. The number of halogens is 1. The highest BCUT2D eigenvalue weighted by molar-refractivity contribution is 7.19. The third-order valence-electron chi connectivity index (χ3n) is 4.30. The van der Waals surface area contributed by atoms with Gasteiger partial charge in [-0.15, -0.1) is 11.3 Å². The molecule has 0 aliphatic rings. The standard InChI is InChI=1S/C19H14ClN5OS2/c1-10-21-9-16(27-10)17-23-8-15-18(25-17)28-19(24-15)26-5-4-11-7-22-14-3-2-12(20)6-13(11)14/h2-3,6-9,22H,4-5H2,1H3. The van der Waals surface area contributed by atoms with Gasteiger partial charge in [0.2, 0.25) is 0 Å². The van der Waals surface area contributed by atoms with Crippen molar-refractivity contribution in [2.24, 2.45) is 0 Å². The van der Waals surface area contributed by atoms with Gasteiger partial charge in [0.05, 0.1) is 22.7 Å². The first kappa shape index (κ1) is 17.5. The Morgan fingerprint density at radius 2 is 2.07 bits per heavy atom. The van der Waals surface area contributed by atoms with Crippen molar-refractivity contribution in [1.82, 2.24) is 24.9 Å². The van der Waals surface area contributed by atoms with E-state index >= 15 is 0 Å². The summed E-state index contributed by atoms with van der Waals surface area (Å²) in [5.41, 5.74) is 2.98. The van der Waals surface area contributed by atoms with E-state index in [1.165, 1.54) is 16.9 Å². The van der Waals surface area contributed by atoms with Crippen LogP contribution >= 0.6 is 34.3 Å². The second kappa shape index (κ2) is 7.12. The molecule has 1 aromatic carbocycles. The maximum absolute atomic E-state index is 6.11. The number of thiazole rings is 2. The first-order chi connectivity index (χ1) is 13.7. The number of hydrogen-bond acceptors (Lipinski definition) is 7. The van der Waals surface area contributed by atoms with Crippen molar-refractivity contribution < 1.29 is 4.74 Å². The van der Waals surface area contributed by atoms with Crippen molar-refractivity contribution >= 4 is 55.5 Å². The highest BCUT2D eigenvalue weighted by Gasteiger charge is 2.12. The lowest BCUT2D eigenvalue weighted by molar-refractivity contribution is 0.321. The normalized spacial score (nSPS) is 11.5. The van der Waals surface area contributed by atoms with Crippen molar-refractivity contribution in [3.63, 3.8) is 0 Å². The van der Waals surface area contributed by atoms with Gasteiger partial charge in [0.15, 0.2) is 10.7 Å². The zero-order valence-electron chi connectivity index (χ0n) is 14.8. The first-order valence-electron chi connectivity index (χ1n) is 8.60. The van der Waals surface area contributed by atoms with E-state index in [0.717, 1.165) is 42.6 Å². The van der Waals surface area contributed by atoms with Gasteiger partial charge in [-0.2, -0.15) is 4.98 Å². The van der Waals surface area contributed by atoms with Crippen LogP contribution < -0.4 is 4.74 Å². The van der Waals surface area contributed by atoms with Crippen LogP contribution in [0.3, 0.4) is 0 Å². The largest absolute Gasteiger partial charge is 0.470 e.